The summed E-state index contributed by atoms with van der Waals surface area (Å²) in [4.78, 5) is 13.0. The molecule has 0 bridgehead atoms. The molecule has 0 fully saturated rings. The molecule has 7 heteroatoms. The summed E-state index contributed by atoms with van der Waals surface area (Å²) in [7, 11) is 0. The van der Waals surface area contributed by atoms with Crippen LogP contribution in [0.4, 0.5) is 0 Å². The SMILES string of the molecule is C[C@H](c1n[nH]c(=O)n1Cc1cccs1)n1cccn1. The van der Waals surface area contributed by atoms with Crippen LogP contribution < -0.4 is 5.69 Å². The van der Waals surface area contributed by atoms with Crippen LogP contribution in [0, 0.1) is 0 Å². The predicted octanol–water partition coefficient (Wildman–Crippen LogP) is 1.49. The summed E-state index contributed by atoms with van der Waals surface area (Å²) >= 11 is 1.62. The first kappa shape index (κ1) is 11.9. The summed E-state index contributed by atoms with van der Waals surface area (Å²) in [6.45, 7) is 2.50. The second-order valence-electron chi connectivity index (χ2n) is 4.21. The van der Waals surface area contributed by atoms with Crippen molar-refractivity contribution in [2.45, 2.75) is 19.5 Å². The Morgan fingerprint density at radius 2 is 2.37 bits per heavy atom. The maximum Gasteiger partial charge on any atom is 0.343 e. The number of nitrogens with one attached hydrogen (secondary N) is 1. The van der Waals surface area contributed by atoms with E-state index < -0.39 is 0 Å². The summed E-state index contributed by atoms with van der Waals surface area (Å²) in [5, 5.41) is 12.8. The Hall–Kier alpha value is -2.15. The quantitative estimate of drug-likeness (QED) is 0.784. The van der Waals surface area contributed by atoms with Gasteiger partial charge in [0.25, 0.3) is 0 Å². The van der Waals surface area contributed by atoms with Crippen molar-refractivity contribution in [3.05, 3.63) is 57.2 Å². The largest absolute Gasteiger partial charge is 0.343 e. The first-order valence-electron chi connectivity index (χ1n) is 5.92. The van der Waals surface area contributed by atoms with E-state index in [4.69, 9.17) is 0 Å². The molecule has 0 spiro atoms. The van der Waals surface area contributed by atoms with E-state index in [0.29, 0.717) is 12.4 Å². The van der Waals surface area contributed by atoms with Crippen molar-refractivity contribution in [3.63, 3.8) is 0 Å². The van der Waals surface area contributed by atoms with Gasteiger partial charge in [0, 0.05) is 17.3 Å². The number of thiophene rings is 1. The van der Waals surface area contributed by atoms with Crippen LogP contribution in [0.5, 0.6) is 0 Å². The van der Waals surface area contributed by atoms with Crippen LogP contribution in [-0.4, -0.2) is 24.5 Å². The summed E-state index contributed by atoms with van der Waals surface area (Å²) < 4.78 is 3.43. The van der Waals surface area contributed by atoms with Crippen molar-refractivity contribution in [1.29, 1.82) is 0 Å². The predicted molar refractivity (Wildman–Crippen MR) is 72.3 cm³/mol. The topological polar surface area (TPSA) is 68.5 Å². The Bertz CT molecular complexity index is 695. The van der Waals surface area contributed by atoms with Crippen molar-refractivity contribution < 1.29 is 0 Å². The molecule has 0 unspecified atom stereocenters. The van der Waals surface area contributed by atoms with Gasteiger partial charge in [0.2, 0.25) is 0 Å². The average Bonchev–Trinajstić information content (AvgIpc) is 3.13. The van der Waals surface area contributed by atoms with Crippen LogP contribution >= 0.6 is 11.3 Å². The molecule has 0 aromatic carbocycles. The van der Waals surface area contributed by atoms with Gasteiger partial charge in [-0.1, -0.05) is 6.07 Å². The van der Waals surface area contributed by atoms with Gasteiger partial charge in [-0.3, -0.25) is 9.25 Å². The normalized spacial score (nSPS) is 12.7. The Labute approximate surface area is 113 Å². The first-order valence-corrected chi connectivity index (χ1v) is 6.80. The molecule has 0 aliphatic heterocycles. The fourth-order valence-electron chi connectivity index (χ4n) is 1.99. The van der Waals surface area contributed by atoms with E-state index in [-0.39, 0.29) is 11.7 Å². The van der Waals surface area contributed by atoms with E-state index in [1.54, 1.807) is 26.8 Å². The lowest BCUT2D eigenvalue weighted by Crippen LogP contribution is -2.22. The smallest absolute Gasteiger partial charge is 0.272 e. The molecule has 3 rings (SSSR count). The zero-order chi connectivity index (χ0) is 13.2. The Balaban J connectivity index is 1.96. The molecule has 0 saturated heterocycles. The van der Waals surface area contributed by atoms with Crippen LogP contribution in [-0.2, 0) is 6.54 Å². The molecule has 19 heavy (non-hydrogen) atoms. The molecule has 6 nitrogen and oxygen atoms in total. The molecule has 3 aromatic heterocycles. The van der Waals surface area contributed by atoms with Gasteiger partial charge in [-0.05, 0) is 24.4 Å². The Morgan fingerprint density at radius 1 is 1.47 bits per heavy atom. The van der Waals surface area contributed by atoms with E-state index in [2.05, 4.69) is 15.3 Å². The highest BCUT2D eigenvalue weighted by molar-refractivity contribution is 7.09. The minimum absolute atomic E-state index is 0.0890. The van der Waals surface area contributed by atoms with Crippen LogP contribution in [0.25, 0.3) is 0 Å². The van der Waals surface area contributed by atoms with Gasteiger partial charge in [-0.2, -0.15) is 10.2 Å². The third-order valence-corrected chi connectivity index (χ3v) is 3.84. The molecule has 0 saturated carbocycles. The molecular formula is C12H13N5OS. The minimum atomic E-state index is -0.192. The monoisotopic (exact) mass is 275 g/mol. The minimum Gasteiger partial charge on any atom is -0.272 e. The zero-order valence-electron chi connectivity index (χ0n) is 10.4. The van der Waals surface area contributed by atoms with Gasteiger partial charge in [0.1, 0.15) is 6.04 Å². The number of aromatic amines is 1. The van der Waals surface area contributed by atoms with Gasteiger partial charge in [-0.15, -0.1) is 11.3 Å². The summed E-state index contributed by atoms with van der Waals surface area (Å²) in [5.74, 6) is 0.683. The molecule has 98 valence electrons. The standard InChI is InChI=1S/C12H13N5OS/c1-9(17-6-3-5-13-17)11-14-15-12(18)16(11)8-10-4-2-7-19-10/h2-7,9H,8H2,1H3,(H,15,18)/t9-/m1/s1. The van der Waals surface area contributed by atoms with Gasteiger partial charge < -0.3 is 0 Å². The van der Waals surface area contributed by atoms with E-state index in [1.807, 2.05) is 36.7 Å². The highest BCUT2D eigenvalue weighted by Gasteiger charge is 2.17. The van der Waals surface area contributed by atoms with Crippen molar-refractivity contribution in [2.75, 3.05) is 0 Å². The fourth-order valence-corrected chi connectivity index (χ4v) is 2.68. The number of aromatic nitrogens is 5. The van der Waals surface area contributed by atoms with Gasteiger partial charge in [0.05, 0.1) is 6.54 Å². The van der Waals surface area contributed by atoms with Crippen molar-refractivity contribution in [1.82, 2.24) is 24.5 Å². The fraction of sp³-hybridized carbons (Fsp3) is 0.250. The molecule has 0 aliphatic carbocycles. The van der Waals surface area contributed by atoms with Crippen molar-refractivity contribution in [2.24, 2.45) is 0 Å². The second kappa shape index (κ2) is 4.85. The van der Waals surface area contributed by atoms with Crippen LogP contribution in [0.2, 0.25) is 0 Å². The first-order chi connectivity index (χ1) is 9.25. The number of hydrogen-bond acceptors (Lipinski definition) is 4. The van der Waals surface area contributed by atoms with Gasteiger partial charge in [-0.25, -0.2) is 9.89 Å². The molecule has 3 aromatic rings. The maximum atomic E-state index is 11.9. The Kier molecular flexibility index (Phi) is 3.04. The highest BCUT2D eigenvalue weighted by Crippen LogP contribution is 2.15. The third kappa shape index (κ3) is 2.24. The van der Waals surface area contributed by atoms with Crippen molar-refractivity contribution in [3.8, 4) is 0 Å². The van der Waals surface area contributed by atoms with Gasteiger partial charge >= 0.3 is 5.69 Å². The van der Waals surface area contributed by atoms with E-state index in [1.165, 1.54) is 0 Å². The van der Waals surface area contributed by atoms with Crippen LogP contribution in [0.1, 0.15) is 23.7 Å². The third-order valence-electron chi connectivity index (χ3n) is 2.98. The summed E-state index contributed by atoms with van der Waals surface area (Å²) in [5.41, 5.74) is -0.192. The number of nitrogens with zero attached hydrogens (tertiary/aromatic N) is 4. The Morgan fingerprint density at radius 3 is 3.05 bits per heavy atom. The average molecular weight is 275 g/mol. The maximum absolute atomic E-state index is 11.9. The molecule has 1 atom stereocenters. The zero-order valence-corrected chi connectivity index (χ0v) is 11.2. The lowest BCUT2D eigenvalue weighted by molar-refractivity contribution is 0.510. The van der Waals surface area contributed by atoms with Gasteiger partial charge in [0.15, 0.2) is 5.82 Å². The van der Waals surface area contributed by atoms with E-state index in [0.717, 1.165) is 4.88 Å². The number of hydrogen-bond donors (Lipinski definition) is 1. The summed E-state index contributed by atoms with van der Waals surface area (Å²) in [6, 6.07) is 5.74. The molecular weight excluding hydrogens is 262 g/mol. The van der Waals surface area contributed by atoms with Crippen molar-refractivity contribution >= 4 is 11.3 Å². The lowest BCUT2D eigenvalue weighted by Gasteiger charge is -2.12. The van der Waals surface area contributed by atoms with E-state index >= 15 is 0 Å². The van der Waals surface area contributed by atoms with E-state index in [9.17, 15) is 4.79 Å². The molecule has 3 heterocycles. The second-order valence-corrected chi connectivity index (χ2v) is 5.25. The molecule has 0 aliphatic rings. The summed E-state index contributed by atoms with van der Waals surface area (Å²) in [6.07, 6.45) is 3.57. The molecule has 0 amide bonds. The highest BCUT2D eigenvalue weighted by atomic mass is 32.1. The van der Waals surface area contributed by atoms with Crippen LogP contribution in [0.15, 0.2) is 40.8 Å². The van der Waals surface area contributed by atoms with Crippen LogP contribution in [0.3, 0.4) is 0 Å². The molecule has 1 N–H and O–H groups in total. The molecule has 0 radical (unpaired) electrons. The lowest BCUT2D eigenvalue weighted by atomic mass is 10.3. The number of H-pyrrole nitrogens is 1. The number of rotatable bonds is 4.